The van der Waals surface area contributed by atoms with E-state index in [1.165, 1.54) is 53.3 Å². The first kappa shape index (κ1) is 34.9. The molecule has 0 saturated carbocycles. The van der Waals surface area contributed by atoms with Crippen molar-refractivity contribution in [3.8, 4) is 22.3 Å². The number of halogens is 2. The summed E-state index contributed by atoms with van der Waals surface area (Å²) < 4.78 is 1.51. The summed E-state index contributed by atoms with van der Waals surface area (Å²) in [6.45, 7) is 20.0. The Balaban J connectivity index is 0.000000358. The maximum Gasteiger partial charge on any atom is -0.0501 e. The van der Waals surface area contributed by atoms with Gasteiger partial charge in [0, 0.05) is 0 Å². The number of fused-ring (bicyclic) bond motifs is 3. The molecule has 0 radical (unpaired) electrons. The predicted molar refractivity (Wildman–Crippen MR) is 157 cm³/mol. The molecule has 3 aromatic carbocycles. The monoisotopic (exact) mass is 640 g/mol. The van der Waals surface area contributed by atoms with Crippen LogP contribution in [0, 0.1) is 13.0 Å². The van der Waals surface area contributed by atoms with E-state index in [1.807, 2.05) is 0 Å². The van der Waals surface area contributed by atoms with E-state index in [2.05, 4.69) is 134 Å². The number of benzene rings is 2. The standard InChI is InChI=1S/C21H25.C10H9S.C3H6.2ClH.Zr/c1-20(2,3)16-9-7-14-11-15-8-10-17(21(4,5)6)13-19(15)18(14)12-16;1-8-3-2-4-10(8)9-5-6-11-7-9;1-3-2;;;/h7,9-10,12-13H,11H2,1-6H3;2-7H,1H3;1-2H3;2*1H;/q2*-1;;;;+2/p-2. The smallest absolute Gasteiger partial charge is 0.0501 e. The third-order valence-corrected chi connectivity index (χ3v) is 7.08. The Bertz CT molecular complexity index is 1250. The Morgan fingerprint density at radius 3 is 2.00 bits per heavy atom. The van der Waals surface area contributed by atoms with Crippen molar-refractivity contribution < 1.29 is 49.0 Å². The molecule has 0 amide bonds. The van der Waals surface area contributed by atoms with Gasteiger partial charge in [-0.1, -0.05) is 99.5 Å². The molecule has 202 valence electrons. The van der Waals surface area contributed by atoms with Crippen LogP contribution in [0.15, 0.2) is 65.4 Å². The Kier molecular flexibility index (Phi) is 13.3. The Labute approximate surface area is 262 Å². The summed E-state index contributed by atoms with van der Waals surface area (Å²) in [5.41, 5.74) is 12.8. The zero-order valence-corrected chi connectivity index (χ0v) is 29.0. The fourth-order valence-electron chi connectivity index (χ4n) is 4.24. The molecule has 0 N–H and O–H groups in total. The van der Waals surface area contributed by atoms with Crippen molar-refractivity contribution in [3.05, 3.63) is 99.2 Å². The van der Waals surface area contributed by atoms with Gasteiger partial charge in [-0.2, -0.15) is 35.4 Å². The van der Waals surface area contributed by atoms with Crippen LogP contribution in [-0.2, 0) is 41.5 Å². The molecule has 0 saturated heterocycles. The molecule has 4 aromatic rings. The summed E-state index contributed by atoms with van der Waals surface area (Å²) in [6.07, 6.45) is 1.03. The van der Waals surface area contributed by atoms with Crippen LogP contribution in [0.5, 0.6) is 0 Å². The van der Waals surface area contributed by atoms with Gasteiger partial charge in [0.15, 0.2) is 0 Å². The largest absolute Gasteiger partial charge is 1.00 e. The zero-order valence-electron chi connectivity index (χ0n) is 24.2. The van der Waals surface area contributed by atoms with Gasteiger partial charge >= 0.3 is 41.3 Å². The summed E-state index contributed by atoms with van der Waals surface area (Å²) in [5, 5.41) is 4.30. The van der Waals surface area contributed by atoms with Gasteiger partial charge in [-0.15, -0.1) is 34.9 Å². The van der Waals surface area contributed by atoms with E-state index >= 15 is 0 Å². The molecule has 0 atom stereocenters. The van der Waals surface area contributed by atoms with Crippen molar-refractivity contribution in [1.82, 2.24) is 0 Å². The van der Waals surface area contributed by atoms with Crippen LogP contribution in [0.3, 0.4) is 0 Å². The first-order valence-electron chi connectivity index (χ1n) is 12.7. The maximum absolute atomic E-state index is 3.53. The molecule has 0 aliphatic heterocycles. The van der Waals surface area contributed by atoms with Crippen molar-refractivity contribution in [2.45, 2.75) is 79.6 Å². The fourth-order valence-corrected chi connectivity index (χ4v) is 4.89. The first-order chi connectivity index (χ1) is 16.8. The van der Waals surface area contributed by atoms with Crippen LogP contribution < -0.4 is 24.8 Å². The van der Waals surface area contributed by atoms with Crippen molar-refractivity contribution in [2.24, 2.45) is 0 Å². The fraction of sp³-hybridized carbons (Fsp3) is 0.353. The maximum atomic E-state index is 3.53. The molecule has 0 unspecified atom stereocenters. The molecular weight excluding hydrogens is 603 g/mol. The third-order valence-electron chi connectivity index (χ3n) is 6.39. The van der Waals surface area contributed by atoms with Crippen LogP contribution in [0.25, 0.3) is 22.3 Å². The number of hydrogen-bond donors (Lipinski definition) is 0. The normalized spacial score (nSPS) is 11.4. The summed E-state index contributed by atoms with van der Waals surface area (Å²) >= 11 is 3.30. The van der Waals surface area contributed by atoms with Gasteiger partial charge in [0.1, 0.15) is 0 Å². The Morgan fingerprint density at radius 2 is 1.50 bits per heavy atom. The minimum atomic E-state index is 0. The van der Waals surface area contributed by atoms with Crippen molar-refractivity contribution in [2.75, 3.05) is 0 Å². The third kappa shape index (κ3) is 9.19. The van der Waals surface area contributed by atoms with Gasteiger partial charge < -0.3 is 24.8 Å². The molecule has 1 heterocycles. The van der Waals surface area contributed by atoms with E-state index < -0.39 is 0 Å². The molecule has 1 aromatic heterocycles. The van der Waals surface area contributed by atoms with Crippen molar-refractivity contribution in [3.63, 3.8) is 0 Å². The topological polar surface area (TPSA) is 0 Å². The molecule has 4 heteroatoms. The van der Waals surface area contributed by atoms with Crippen LogP contribution >= 0.6 is 11.3 Å². The zero-order chi connectivity index (χ0) is 26.7. The van der Waals surface area contributed by atoms with E-state index in [0.29, 0.717) is 0 Å². The molecule has 38 heavy (non-hydrogen) atoms. The van der Waals surface area contributed by atoms with E-state index in [-0.39, 0.29) is 35.6 Å². The summed E-state index contributed by atoms with van der Waals surface area (Å²) in [7, 11) is 0. The van der Waals surface area contributed by atoms with E-state index in [1.54, 1.807) is 35.6 Å². The Morgan fingerprint density at radius 1 is 0.895 bits per heavy atom. The summed E-state index contributed by atoms with van der Waals surface area (Å²) in [4.78, 5) is 0. The molecule has 0 fully saturated rings. The van der Waals surface area contributed by atoms with Crippen LogP contribution in [-0.4, -0.2) is 3.21 Å². The van der Waals surface area contributed by atoms with Crippen LogP contribution in [0.2, 0.25) is 0 Å². The second-order valence-corrected chi connectivity index (χ2v) is 15.2. The van der Waals surface area contributed by atoms with Gasteiger partial charge in [0.2, 0.25) is 0 Å². The summed E-state index contributed by atoms with van der Waals surface area (Å²) in [5.74, 6) is 0. The second-order valence-electron chi connectivity index (χ2n) is 12.0. The number of rotatable bonds is 1. The first-order valence-corrected chi connectivity index (χ1v) is 14.9. The summed E-state index contributed by atoms with van der Waals surface area (Å²) in [6, 6.07) is 23.6. The van der Waals surface area contributed by atoms with Gasteiger partial charge in [0.25, 0.3) is 0 Å². The average Bonchev–Trinajstić information content (AvgIpc) is 3.51. The van der Waals surface area contributed by atoms with Gasteiger partial charge in [-0.3, -0.25) is 0 Å². The molecule has 0 bridgehead atoms. The second kappa shape index (κ2) is 14.5. The van der Waals surface area contributed by atoms with Crippen molar-refractivity contribution >= 4 is 14.5 Å². The van der Waals surface area contributed by atoms with E-state index in [9.17, 15) is 0 Å². The van der Waals surface area contributed by atoms with Crippen LogP contribution in [0.4, 0.5) is 0 Å². The van der Waals surface area contributed by atoms with Gasteiger partial charge in [-0.25, -0.2) is 11.3 Å². The predicted octanol–water partition coefficient (Wildman–Crippen LogP) is 3.85. The number of thiophene rings is 1. The van der Waals surface area contributed by atoms with E-state index in [4.69, 9.17) is 0 Å². The number of aryl methyl sites for hydroxylation is 1. The SMILES string of the molecule is CC(C)(C)c1c[c-]c2c(c1)-c1cc(C(C)(C)C)ccc1C2.C[C](C)=[Zr+2].Cc1ccc[c-]1-c1ccsc1.[Cl-].[Cl-]. The van der Waals surface area contributed by atoms with E-state index in [0.717, 1.165) is 6.42 Å². The number of hydrogen-bond acceptors (Lipinski definition) is 1. The minimum Gasteiger partial charge on any atom is -1.00 e. The average molecular weight is 643 g/mol. The van der Waals surface area contributed by atoms with Crippen molar-refractivity contribution in [1.29, 1.82) is 0 Å². The van der Waals surface area contributed by atoms with Gasteiger partial charge in [-0.05, 0) is 17.4 Å². The molecule has 1 aliphatic carbocycles. The van der Waals surface area contributed by atoms with Gasteiger partial charge in [0.05, 0.1) is 0 Å². The molecular formula is C34H40Cl2SZr-2. The molecule has 5 rings (SSSR count). The molecule has 0 spiro atoms. The minimum absolute atomic E-state index is 0. The van der Waals surface area contributed by atoms with Crippen LogP contribution in [0.1, 0.15) is 83.2 Å². The molecule has 1 aliphatic rings. The molecule has 0 nitrogen and oxygen atoms in total. The quantitative estimate of drug-likeness (QED) is 0.244. The Hall–Kier alpha value is -1.18.